The minimum atomic E-state index is -0.0584. The van der Waals surface area contributed by atoms with Crippen LogP contribution in [0.2, 0.25) is 5.02 Å². The van der Waals surface area contributed by atoms with Crippen LogP contribution < -0.4 is 5.32 Å². The monoisotopic (exact) mass is 265 g/mol. The lowest BCUT2D eigenvalue weighted by Crippen LogP contribution is -2.25. The zero-order valence-corrected chi connectivity index (χ0v) is 10.7. The summed E-state index contributed by atoms with van der Waals surface area (Å²) >= 11 is 7.43. The van der Waals surface area contributed by atoms with Gasteiger partial charge in [0.1, 0.15) is 0 Å². The Morgan fingerprint density at radius 1 is 1.24 bits per heavy atom. The molecule has 0 radical (unpaired) electrons. The number of hydrogen-bond acceptors (Lipinski definition) is 2. The third-order valence-corrected chi connectivity index (χ3v) is 3.37. The van der Waals surface area contributed by atoms with E-state index < -0.39 is 0 Å². The van der Waals surface area contributed by atoms with Crippen LogP contribution in [0.15, 0.2) is 41.1 Å². The predicted molar refractivity (Wildman–Crippen MR) is 71.8 cm³/mol. The van der Waals surface area contributed by atoms with Gasteiger partial charge in [0, 0.05) is 17.1 Å². The number of amides is 1. The van der Waals surface area contributed by atoms with Crippen molar-refractivity contribution in [2.45, 2.75) is 6.42 Å². The van der Waals surface area contributed by atoms with Gasteiger partial charge in [-0.25, -0.2) is 0 Å². The van der Waals surface area contributed by atoms with Crippen LogP contribution in [0.4, 0.5) is 0 Å². The number of rotatable bonds is 4. The van der Waals surface area contributed by atoms with Crippen LogP contribution in [-0.2, 0) is 6.42 Å². The van der Waals surface area contributed by atoms with Crippen molar-refractivity contribution in [1.82, 2.24) is 5.32 Å². The Morgan fingerprint density at radius 3 is 2.65 bits per heavy atom. The molecule has 2 rings (SSSR count). The van der Waals surface area contributed by atoms with E-state index in [4.69, 9.17) is 11.6 Å². The molecule has 0 saturated carbocycles. The normalized spacial score (nSPS) is 10.2. The van der Waals surface area contributed by atoms with Crippen LogP contribution in [0.25, 0.3) is 0 Å². The summed E-state index contributed by atoms with van der Waals surface area (Å²) in [6.45, 7) is 0.651. The van der Waals surface area contributed by atoms with Crippen molar-refractivity contribution in [2.24, 2.45) is 0 Å². The fourth-order valence-electron chi connectivity index (χ4n) is 1.46. The van der Waals surface area contributed by atoms with Crippen molar-refractivity contribution < 1.29 is 4.79 Å². The summed E-state index contributed by atoms with van der Waals surface area (Å²) in [6.07, 6.45) is 0.864. The Balaban J connectivity index is 1.83. The Kier molecular flexibility index (Phi) is 4.18. The Hall–Kier alpha value is -1.32. The SMILES string of the molecule is O=C(NCCc1ccsc1)c1ccc(Cl)cc1. The van der Waals surface area contributed by atoms with Crippen LogP contribution in [0.3, 0.4) is 0 Å². The van der Waals surface area contributed by atoms with Gasteiger partial charge in [0.25, 0.3) is 5.91 Å². The molecular weight excluding hydrogens is 254 g/mol. The van der Waals surface area contributed by atoms with E-state index in [0.717, 1.165) is 6.42 Å². The summed E-state index contributed by atoms with van der Waals surface area (Å²) in [7, 11) is 0. The molecule has 4 heteroatoms. The smallest absolute Gasteiger partial charge is 0.251 e. The number of carbonyl (C=O) groups is 1. The molecule has 1 heterocycles. The van der Waals surface area contributed by atoms with E-state index in [1.54, 1.807) is 35.6 Å². The number of nitrogens with one attached hydrogen (secondary N) is 1. The van der Waals surface area contributed by atoms with Crippen molar-refractivity contribution >= 4 is 28.8 Å². The van der Waals surface area contributed by atoms with E-state index in [9.17, 15) is 4.79 Å². The van der Waals surface area contributed by atoms with E-state index >= 15 is 0 Å². The van der Waals surface area contributed by atoms with Crippen LogP contribution in [0.5, 0.6) is 0 Å². The second-order valence-corrected chi connectivity index (χ2v) is 4.86. The van der Waals surface area contributed by atoms with E-state index in [2.05, 4.69) is 16.8 Å². The maximum atomic E-state index is 11.7. The molecule has 1 amide bonds. The highest BCUT2D eigenvalue weighted by Crippen LogP contribution is 2.09. The Bertz CT molecular complexity index is 479. The highest BCUT2D eigenvalue weighted by Gasteiger charge is 2.04. The largest absolute Gasteiger partial charge is 0.352 e. The fraction of sp³-hybridized carbons (Fsp3) is 0.154. The average Bonchev–Trinajstić information content (AvgIpc) is 2.83. The first-order valence-corrected chi connectivity index (χ1v) is 6.62. The fourth-order valence-corrected chi connectivity index (χ4v) is 2.29. The molecule has 0 aliphatic rings. The summed E-state index contributed by atoms with van der Waals surface area (Å²) < 4.78 is 0. The maximum Gasteiger partial charge on any atom is 0.251 e. The van der Waals surface area contributed by atoms with Crippen molar-refractivity contribution in [3.8, 4) is 0 Å². The molecule has 88 valence electrons. The van der Waals surface area contributed by atoms with Crippen molar-refractivity contribution in [1.29, 1.82) is 0 Å². The van der Waals surface area contributed by atoms with Gasteiger partial charge in [-0.15, -0.1) is 0 Å². The molecule has 2 aromatic rings. The average molecular weight is 266 g/mol. The first-order valence-electron chi connectivity index (χ1n) is 5.30. The second-order valence-electron chi connectivity index (χ2n) is 3.64. The summed E-state index contributed by atoms with van der Waals surface area (Å²) in [5, 5.41) is 7.65. The number of carbonyl (C=O) groups excluding carboxylic acids is 1. The Morgan fingerprint density at radius 2 is 2.00 bits per heavy atom. The van der Waals surface area contributed by atoms with E-state index in [1.165, 1.54) is 5.56 Å². The van der Waals surface area contributed by atoms with Gasteiger partial charge in [-0.05, 0) is 53.1 Å². The molecule has 0 saturated heterocycles. The van der Waals surface area contributed by atoms with Gasteiger partial charge in [0.15, 0.2) is 0 Å². The van der Waals surface area contributed by atoms with Crippen LogP contribution in [0.1, 0.15) is 15.9 Å². The number of benzene rings is 1. The van der Waals surface area contributed by atoms with E-state index in [1.807, 2.05) is 5.38 Å². The molecule has 0 unspecified atom stereocenters. The number of halogens is 1. The zero-order valence-electron chi connectivity index (χ0n) is 9.15. The standard InChI is InChI=1S/C13H12ClNOS/c14-12-3-1-11(2-4-12)13(16)15-7-5-10-6-8-17-9-10/h1-4,6,8-9H,5,7H2,(H,15,16). The lowest BCUT2D eigenvalue weighted by Gasteiger charge is -2.04. The van der Waals surface area contributed by atoms with Crippen LogP contribution >= 0.6 is 22.9 Å². The minimum Gasteiger partial charge on any atom is -0.352 e. The third-order valence-electron chi connectivity index (χ3n) is 2.39. The van der Waals surface area contributed by atoms with E-state index in [0.29, 0.717) is 17.1 Å². The molecule has 0 atom stereocenters. The van der Waals surface area contributed by atoms with Crippen molar-refractivity contribution in [3.63, 3.8) is 0 Å². The van der Waals surface area contributed by atoms with Gasteiger partial charge in [0.2, 0.25) is 0 Å². The molecule has 0 bridgehead atoms. The summed E-state index contributed by atoms with van der Waals surface area (Å²) in [4.78, 5) is 11.7. The molecule has 2 nitrogen and oxygen atoms in total. The number of hydrogen-bond donors (Lipinski definition) is 1. The third kappa shape index (κ3) is 3.58. The molecule has 1 N–H and O–H groups in total. The predicted octanol–water partition coefficient (Wildman–Crippen LogP) is 3.37. The highest BCUT2D eigenvalue weighted by molar-refractivity contribution is 7.07. The van der Waals surface area contributed by atoms with Crippen molar-refractivity contribution in [2.75, 3.05) is 6.54 Å². The lowest BCUT2D eigenvalue weighted by atomic mass is 10.2. The second kappa shape index (κ2) is 5.84. The highest BCUT2D eigenvalue weighted by atomic mass is 35.5. The molecule has 0 fully saturated rings. The van der Waals surface area contributed by atoms with Crippen LogP contribution in [0, 0.1) is 0 Å². The lowest BCUT2D eigenvalue weighted by molar-refractivity contribution is 0.0954. The van der Waals surface area contributed by atoms with Gasteiger partial charge in [0.05, 0.1) is 0 Å². The van der Waals surface area contributed by atoms with Crippen LogP contribution in [-0.4, -0.2) is 12.5 Å². The zero-order chi connectivity index (χ0) is 12.1. The molecule has 17 heavy (non-hydrogen) atoms. The number of thiophene rings is 1. The maximum absolute atomic E-state index is 11.7. The molecule has 0 spiro atoms. The minimum absolute atomic E-state index is 0.0584. The molecule has 1 aromatic heterocycles. The van der Waals surface area contributed by atoms with Crippen molar-refractivity contribution in [3.05, 3.63) is 57.2 Å². The first kappa shape index (κ1) is 12.1. The van der Waals surface area contributed by atoms with Gasteiger partial charge < -0.3 is 5.32 Å². The Labute approximate surface area is 109 Å². The van der Waals surface area contributed by atoms with Gasteiger partial charge in [-0.1, -0.05) is 11.6 Å². The quantitative estimate of drug-likeness (QED) is 0.902. The molecule has 0 aliphatic carbocycles. The molecule has 0 aliphatic heterocycles. The summed E-state index contributed by atoms with van der Waals surface area (Å²) in [5.41, 5.74) is 1.89. The first-order chi connectivity index (χ1) is 8.25. The van der Waals surface area contributed by atoms with Gasteiger partial charge in [-0.2, -0.15) is 11.3 Å². The topological polar surface area (TPSA) is 29.1 Å². The summed E-state index contributed by atoms with van der Waals surface area (Å²) in [6, 6.07) is 8.95. The van der Waals surface area contributed by atoms with Gasteiger partial charge in [-0.3, -0.25) is 4.79 Å². The van der Waals surface area contributed by atoms with E-state index in [-0.39, 0.29) is 5.91 Å². The van der Waals surface area contributed by atoms with Gasteiger partial charge >= 0.3 is 0 Å². The molecular formula is C13H12ClNOS. The molecule has 1 aromatic carbocycles. The summed E-state index contributed by atoms with van der Waals surface area (Å²) in [5.74, 6) is -0.0584.